The molecule has 3 nitrogen and oxygen atoms in total. The first-order chi connectivity index (χ1) is 11.2. The zero-order valence-corrected chi connectivity index (χ0v) is 13.5. The third kappa shape index (κ3) is 3.08. The van der Waals surface area contributed by atoms with Crippen molar-refractivity contribution >= 4 is 21.5 Å². The molecule has 0 aliphatic heterocycles. The number of benzene rings is 2. The summed E-state index contributed by atoms with van der Waals surface area (Å²) >= 11 is 0. The maximum Gasteiger partial charge on any atom is 0.0998 e. The van der Waals surface area contributed by atoms with Crippen molar-refractivity contribution in [3.05, 3.63) is 65.5 Å². The maximum atomic E-state index is 9.56. The van der Waals surface area contributed by atoms with Crippen LogP contribution in [0.2, 0.25) is 0 Å². The Kier molecular flexibility index (Phi) is 4.36. The molecular weight excluding hydrogens is 282 g/mol. The molecule has 3 rings (SSSR count). The van der Waals surface area contributed by atoms with Gasteiger partial charge in [0.25, 0.3) is 0 Å². The lowest BCUT2D eigenvalue weighted by Crippen LogP contribution is -2.17. The Labute approximate surface area is 136 Å². The molecule has 0 unspecified atom stereocenters. The molecule has 0 heterocycles. The van der Waals surface area contributed by atoms with Crippen LogP contribution in [0.25, 0.3) is 21.5 Å². The second-order valence-corrected chi connectivity index (χ2v) is 5.84. The van der Waals surface area contributed by atoms with Crippen LogP contribution in [0.4, 0.5) is 0 Å². The zero-order valence-electron chi connectivity index (χ0n) is 13.5. The molecule has 0 aliphatic rings. The molecule has 3 aromatic carbocycles. The van der Waals surface area contributed by atoms with E-state index in [-0.39, 0.29) is 0 Å². The molecule has 114 valence electrons. The van der Waals surface area contributed by atoms with Crippen LogP contribution >= 0.6 is 0 Å². The van der Waals surface area contributed by atoms with Gasteiger partial charge in [-0.2, -0.15) is 5.26 Å². The predicted molar refractivity (Wildman–Crippen MR) is 95.2 cm³/mol. The highest BCUT2D eigenvalue weighted by Crippen LogP contribution is 2.19. The first-order valence-corrected chi connectivity index (χ1v) is 7.71. The molecule has 23 heavy (non-hydrogen) atoms. The first-order valence-electron chi connectivity index (χ1n) is 7.71. The number of likely N-dealkylation sites (N-methyl/N-ethyl adjacent to an activating group) is 1. The van der Waals surface area contributed by atoms with E-state index >= 15 is 0 Å². The van der Waals surface area contributed by atoms with Gasteiger partial charge in [0.05, 0.1) is 23.5 Å². The lowest BCUT2D eigenvalue weighted by Gasteiger charge is -2.05. The number of hydrogen-bond acceptors (Lipinski definition) is 3. The number of fused-ring (bicyclic) bond motifs is 2. The Bertz CT molecular complexity index is 966. The minimum absolute atomic E-state index is 0.686. The topological polar surface area (TPSA) is 39.4 Å². The van der Waals surface area contributed by atoms with Crippen molar-refractivity contribution in [1.29, 1.82) is 5.26 Å². The molecular formula is C20H19N3. The van der Waals surface area contributed by atoms with Gasteiger partial charge in [0.15, 0.2) is 0 Å². The molecule has 0 aliphatic carbocycles. The molecule has 0 fully saturated rings. The highest BCUT2D eigenvalue weighted by Gasteiger charge is 2.05. The fraction of sp³-hybridized carbons (Fsp3) is 0.200. The van der Waals surface area contributed by atoms with E-state index < -0.39 is 0 Å². The number of hydrogen-bond donors (Lipinski definition) is 0. The summed E-state index contributed by atoms with van der Waals surface area (Å²) in [7, 11) is 4.09. The van der Waals surface area contributed by atoms with Gasteiger partial charge in [-0.3, -0.25) is 4.99 Å². The van der Waals surface area contributed by atoms with Crippen LogP contribution < -0.4 is 5.36 Å². The summed E-state index contributed by atoms with van der Waals surface area (Å²) < 4.78 is 0. The summed E-state index contributed by atoms with van der Waals surface area (Å²) in [5.41, 5.74) is 0.686. The van der Waals surface area contributed by atoms with E-state index in [0.29, 0.717) is 5.56 Å². The van der Waals surface area contributed by atoms with E-state index in [9.17, 15) is 5.26 Å². The van der Waals surface area contributed by atoms with Crippen molar-refractivity contribution < 1.29 is 0 Å². The lowest BCUT2D eigenvalue weighted by atomic mass is 10.1. The third-order valence-electron chi connectivity index (χ3n) is 3.93. The van der Waals surface area contributed by atoms with Crippen LogP contribution in [0.5, 0.6) is 0 Å². The maximum absolute atomic E-state index is 9.56. The zero-order chi connectivity index (χ0) is 16.2. The molecule has 0 saturated carbocycles. The largest absolute Gasteiger partial charge is 0.308 e. The molecule has 0 radical (unpaired) electrons. The molecule has 0 aromatic heterocycles. The Hall–Kier alpha value is -2.70. The standard InChI is InChI=1S/C20H19N3/c1-23(2)12-11-22-20-18-9-4-3-7-15(18)13-16(14-21)17-8-5-6-10-19(17)20/h3-10,13H,11-12H2,1-2H3. The molecule has 0 atom stereocenters. The van der Waals surface area contributed by atoms with Gasteiger partial charge < -0.3 is 4.90 Å². The fourth-order valence-corrected chi connectivity index (χ4v) is 2.77. The molecule has 0 bridgehead atoms. The van der Waals surface area contributed by atoms with Crippen LogP contribution in [0.3, 0.4) is 0 Å². The highest BCUT2D eigenvalue weighted by molar-refractivity contribution is 5.96. The van der Waals surface area contributed by atoms with E-state index in [4.69, 9.17) is 4.99 Å². The van der Waals surface area contributed by atoms with E-state index in [1.807, 2.05) is 56.6 Å². The van der Waals surface area contributed by atoms with Gasteiger partial charge in [-0.15, -0.1) is 0 Å². The van der Waals surface area contributed by atoms with Crippen LogP contribution in [0.15, 0.2) is 59.6 Å². The van der Waals surface area contributed by atoms with Gasteiger partial charge in [0.2, 0.25) is 0 Å². The number of rotatable bonds is 3. The van der Waals surface area contributed by atoms with E-state index in [1.54, 1.807) is 0 Å². The molecule has 0 N–H and O–H groups in total. The van der Waals surface area contributed by atoms with E-state index in [2.05, 4.69) is 23.1 Å². The minimum atomic E-state index is 0.686. The van der Waals surface area contributed by atoms with E-state index in [0.717, 1.165) is 40.0 Å². The van der Waals surface area contributed by atoms with Crippen LogP contribution in [-0.2, 0) is 0 Å². The normalized spacial score (nSPS) is 12.0. The molecule has 3 heteroatoms. The Balaban J connectivity index is 2.45. The summed E-state index contributed by atoms with van der Waals surface area (Å²) in [6.07, 6.45) is 0. The summed E-state index contributed by atoms with van der Waals surface area (Å²) in [5, 5.41) is 14.6. The minimum Gasteiger partial charge on any atom is -0.308 e. The van der Waals surface area contributed by atoms with Crippen molar-refractivity contribution in [3.8, 4) is 6.07 Å². The Morgan fingerprint density at radius 3 is 2.30 bits per heavy atom. The third-order valence-corrected chi connectivity index (χ3v) is 3.93. The van der Waals surface area contributed by atoms with E-state index in [1.165, 1.54) is 0 Å². The van der Waals surface area contributed by atoms with Gasteiger partial charge in [-0.05, 0) is 25.5 Å². The Morgan fingerprint density at radius 2 is 1.61 bits per heavy atom. The summed E-state index contributed by atoms with van der Waals surface area (Å²) in [5.74, 6) is 0. The molecule has 0 saturated heterocycles. The van der Waals surface area contributed by atoms with Gasteiger partial charge in [-0.25, -0.2) is 0 Å². The van der Waals surface area contributed by atoms with Crippen LogP contribution in [0, 0.1) is 11.3 Å². The summed E-state index contributed by atoms with van der Waals surface area (Å²) in [6, 6.07) is 20.5. The SMILES string of the molecule is CN(C)CCN=c1c2ccccc2cc(C#N)c2ccccc12. The second kappa shape index (κ2) is 6.60. The predicted octanol–water partition coefficient (Wildman–Crippen LogP) is 3.33. The van der Waals surface area contributed by atoms with Gasteiger partial charge >= 0.3 is 0 Å². The van der Waals surface area contributed by atoms with Crippen LogP contribution in [0.1, 0.15) is 5.56 Å². The monoisotopic (exact) mass is 301 g/mol. The van der Waals surface area contributed by atoms with Gasteiger partial charge in [-0.1, -0.05) is 48.5 Å². The lowest BCUT2D eigenvalue weighted by molar-refractivity contribution is 0.419. The first kappa shape index (κ1) is 15.2. The van der Waals surface area contributed by atoms with Crippen LogP contribution in [-0.4, -0.2) is 32.1 Å². The van der Waals surface area contributed by atoms with Gasteiger partial charge in [0, 0.05) is 22.7 Å². The van der Waals surface area contributed by atoms with Gasteiger partial charge in [0.1, 0.15) is 0 Å². The highest BCUT2D eigenvalue weighted by atomic mass is 15.1. The quantitative estimate of drug-likeness (QED) is 0.744. The number of nitrogens with zero attached hydrogens (tertiary/aromatic N) is 3. The van der Waals surface area contributed by atoms with Crippen molar-refractivity contribution in [2.24, 2.45) is 4.99 Å². The Morgan fingerprint density at radius 1 is 0.957 bits per heavy atom. The molecule has 3 aromatic rings. The van der Waals surface area contributed by atoms with Crippen molar-refractivity contribution in [2.75, 3.05) is 27.2 Å². The summed E-state index contributed by atoms with van der Waals surface area (Å²) in [6.45, 7) is 1.62. The fourth-order valence-electron chi connectivity index (χ4n) is 2.77. The van der Waals surface area contributed by atoms with Crippen molar-refractivity contribution in [2.45, 2.75) is 0 Å². The summed E-state index contributed by atoms with van der Waals surface area (Å²) in [4.78, 5) is 6.99. The smallest absolute Gasteiger partial charge is 0.0998 e. The van der Waals surface area contributed by atoms with Crippen molar-refractivity contribution in [1.82, 2.24) is 4.90 Å². The average Bonchev–Trinajstić information content (AvgIpc) is 2.70. The molecule has 0 spiro atoms. The second-order valence-electron chi connectivity index (χ2n) is 5.84. The van der Waals surface area contributed by atoms with Crippen molar-refractivity contribution in [3.63, 3.8) is 0 Å². The number of nitriles is 1. The average molecular weight is 301 g/mol. The molecule has 0 amide bonds.